The Kier molecular flexibility index (Phi) is 10.9. The van der Waals surface area contributed by atoms with Crippen LogP contribution in [0.25, 0.3) is 5.65 Å². The molecule has 0 aliphatic carbocycles. The van der Waals surface area contributed by atoms with Crippen molar-refractivity contribution >= 4 is 58.3 Å². The predicted octanol–water partition coefficient (Wildman–Crippen LogP) is 3.23. The lowest BCUT2D eigenvalue weighted by molar-refractivity contribution is -0.136. The summed E-state index contributed by atoms with van der Waals surface area (Å²) in [4.78, 5) is 75.1. The van der Waals surface area contributed by atoms with Crippen LogP contribution in [-0.2, 0) is 16.1 Å². The van der Waals surface area contributed by atoms with Gasteiger partial charge in [0.25, 0.3) is 11.8 Å². The number of piperidine rings is 1. The van der Waals surface area contributed by atoms with E-state index in [0.29, 0.717) is 57.3 Å². The quantitative estimate of drug-likeness (QED) is 0.131. The molecule has 59 heavy (non-hydrogen) atoms. The van der Waals surface area contributed by atoms with E-state index in [9.17, 15) is 29.1 Å². The Morgan fingerprint density at radius 3 is 2.37 bits per heavy atom. The Morgan fingerprint density at radius 2 is 1.71 bits per heavy atom. The smallest absolute Gasteiger partial charge is 0.321 e. The summed E-state index contributed by atoms with van der Waals surface area (Å²) in [5.41, 5.74) is 3.61. The van der Waals surface area contributed by atoms with Crippen molar-refractivity contribution in [3.05, 3.63) is 76.7 Å². The highest BCUT2D eigenvalue weighted by molar-refractivity contribution is 6.23. The first-order valence-electron chi connectivity index (χ1n) is 20.1. The molecule has 0 bridgehead atoms. The number of piperazine rings is 1. The lowest BCUT2D eigenvalue weighted by Gasteiger charge is -2.49. The van der Waals surface area contributed by atoms with Gasteiger partial charge in [0, 0.05) is 75.6 Å². The molecule has 3 saturated heterocycles. The fourth-order valence-electron chi connectivity index (χ4n) is 8.07. The SMILES string of the molecule is CC[C@@H](CO)Nc1cc(NCc2ccc(NC(=O)N3CCN(C4CN(c5cc6c(cc5F)C(=O)N(C5CCC(=O)NC5=O)C6=O)C4)CC3)cc2)n2ncc(C(C)C)c2n1. The molecule has 2 atom stereocenters. The number of fused-ring (bicyclic) bond motifs is 2. The first-order valence-corrected chi connectivity index (χ1v) is 20.1. The number of aliphatic hydroxyl groups is 1. The van der Waals surface area contributed by atoms with E-state index in [4.69, 9.17) is 4.98 Å². The molecule has 0 saturated carbocycles. The Hall–Kier alpha value is -6.14. The molecule has 3 fully saturated rings. The summed E-state index contributed by atoms with van der Waals surface area (Å²) in [6.07, 6.45) is 2.61. The molecule has 310 valence electrons. The van der Waals surface area contributed by atoms with Gasteiger partial charge in [0.15, 0.2) is 5.65 Å². The molecule has 5 N–H and O–H groups in total. The van der Waals surface area contributed by atoms with Gasteiger partial charge >= 0.3 is 6.03 Å². The summed E-state index contributed by atoms with van der Waals surface area (Å²) in [6, 6.07) is 10.7. The first kappa shape index (κ1) is 39.7. The zero-order chi connectivity index (χ0) is 41.5. The van der Waals surface area contributed by atoms with Crippen molar-refractivity contribution in [1.29, 1.82) is 0 Å². The molecule has 6 amide bonds. The molecule has 0 spiro atoms. The number of anilines is 4. The molecule has 2 aromatic heterocycles. The summed E-state index contributed by atoms with van der Waals surface area (Å²) in [7, 11) is 0. The number of amides is 6. The van der Waals surface area contributed by atoms with Crippen LogP contribution in [0.4, 0.5) is 32.2 Å². The maximum Gasteiger partial charge on any atom is 0.321 e. The third-order valence-corrected chi connectivity index (χ3v) is 11.7. The van der Waals surface area contributed by atoms with E-state index in [1.807, 2.05) is 48.4 Å². The second-order valence-electron chi connectivity index (χ2n) is 15.8. The monoisotopic (exact) mass is 809 g/mol. The first-order chi connectivity index (χ1) is 28.4. The Labute approximate surface area is 339 Å². The van der Waals surface area contributed by atoms with Crippen molar-refractivity contribution in [1.82, 2.24) is 34.6 Å². The van der Waals surface area contributed by atoms with Crippen molar-refractivity contribution in [3.8, 4) is 0 Å². The lowest BCUT2D eigenvalue weighted by Crippen LogP contribution is -2.64. The molecule has 1 unspecified atom stereocenters. The van der Waals surface area contributed by atoms with Crippen LogP contribution in [-0.4, -0.2) is 128 Å². The van der Waals surface area contributed by atoms with E-state index >= 15 is 4.39 Å². The topological polar surface area (TPSA) is 197 Å². The summed E-state index contributed by atoms with van der Waals surface area (Å²) in [6.45, 7) is 10.0. The molecule has 18 heteroatoms. The highest BCUT2D eigenvalue weighted by atomic mass is 19.1. The van der Waals surface area contributed by atoms with E-state index in [1.165, 1.54) is 6.07 Å². The number of nitrogens with one attached hydrogen (secondary N) is 4. The molecule has 17 nitrogen and oxygen atoms in total. The number of urea groups is 1. The van der Waals surface area contributed by atoms with E-state index in [0.717, 1.165) is 40.0 Å². The van der Waals surface area contributed by atoms with Crippen LogP contribution in [0.3, 0.4) is 0 Å². The molecular weight excluding hydrogens is 762 g/mol. The van der Waals surface area contributed by atoms with E-state index in [2.05, 4.69) is 45.1 Å². The van der Waals surface area contributed by atoms with Crippen LogP contribution in [0.1, 0.15) is 77.8 Å². The van der Waals surface area contributed by atoms with Gasteiger partial charge in [-0.3, -0.25) is 34.3 Å². The van der Waals surface area contributed by atoms with Crippen molar-refractivity contribution in [2.45, 2.75) is 70.6 Å². The zero-order valence-electron chi connectivity index (χ0n) is 33.2. The van der Waals surface area contributed by atoms with Crippen LogP contribution in [0.15, 0.2) is 48.7 Å². The molecule has 8 rings (SSSR count). The number of imide groups is 2. The van der Waals surface area contributed by atoms with Crippen LogP contribution in [0.2, 0.25) is 0 Å². The molecule has 4 aliphatic rings. The van der Waals surface area contributed by atoms with Gasteiger partial charge in [-0.1, -0.05) is 32.9 Å². The number of benzene rings is 2. The highest BCUT2D eigenvalue weighted by Gasteiger charge is 2.46. The number of carbonyl (C=O) groups is 5. The van der Waals surface area contributed by atoms with Gasteiger partial charge in [0.05, 0.1) is 35.7 Å². The standard InChI is InChI=1S/C41H48FN11O6/c1-4-25(22-54)45-34-17-35(53-37(47-34)30(19-44-53)23(2)3)43-18-24-5-7-26(8-6-24)46-41(59)50-13-11-49(12-14-50)27-20-51(21-27)33-16-29-28(15-31(33)42)39(57)52(40(29)58)32-9-10-36(55)48-38(32)56/h5-8,15-17,19,23,25,27,32,43,54H,4,9-14,18,20-22H2,1-3H3,(H,45,47)(H,46,59)(H,48,55,56)/t25-,32?/m0/s1. The maximum absolute atomic E-state index is 15.3. The fourth-order valence-corrected chi connectivity index (χ4v) is 8.07. The fraction of sp³-hybridized carbons (Fsp3) is 0.439. The largest absolute Gasteiger partial charge is 0.394 e. The second kappa shape index (κ2) is 16.2. The van der Waals surface area contributed by atoms with Gasteiger partial charge in [0.1, 0.15) is 23.5 Å². The van der Waals surface area contributed by atoms with Gasteiger partial charge in [0.2, 0.25) is 11.8 Å². The zero-order valence-corrected chi connectivity index (χ0v) is 33.2. The van der Waals surface area contributed by atoms with E-state index in [1.54, 1.807) is 9.42 Å². The summed E-state index contributed by atoms with van der Waals surface area (Å²) in [5.74, 6) is -1.59. The number of aromatic nitrogens is 3. The van der Waals surface area contributed by atoms with Crippen molar-refractivity contribution in [2.75, 3.05) is 66.7 Å². The number of carbonyl (C=O) groups excluding carboxylic acids is 5. The molecular formula is C41H48FN11O6. The van der Waals surface area contributed by atoms with E-state index in [-0.39, 0.29) is 60.3 Å². The van der Waals surface area contributed by atoms with Gasteiger partial charge < -0.3 is 30.9 Å². The minimum Gasteiger partial charge on any atom is -0.394 e. The van der Waals surface area contributed by atoms with Crippen molar-refractivity contribution in [2.24, 2.45) is 0 Å². The number of halogens is 1. The van der Waals surface area contributed by atoms with Gasteiger partial charge in [-0.15, -0.1) is 0 Å². The predicted molar refractivity (Wildman–Crippen MR) is 217 cm³/mol. The van der Waals surface area contributed by atoms with Crippen molar-refractivity contribution in [3.63, 3.8) is 0 Å². The highest BCUT2D eigenvalue weighted by Crippen LogP contribution is 2.35. The molecule has 6 heterocycles. The number of hydrogen-bond donors (Lipinski definition) is 5. The van der Waals surface area contributed by atoms with E-state index < -0.39 is 35.5 Å². The minimum atomic E-state index is -1.12. The van der Waals surface area contributed by atoms with Gasteiger partial charge in [-0.2, -0.15) is 9.61 Å². The van der Waals surface area contributed by atoms with Crippen LogP contribution in [0.5, 0.6) is 0 Å². The Bertz CT molecular complexity index is 2300. The van der Waals surface area contributed by atoms with Crippen molar-refractivity contribution < 1.29 is 33.5 Å². The molecule has 2 aromatic carbocycles. The van der Waals surface area contributed by atoms with Gasteiger partial charge in [-0.25, -0.2) is 14.2 Å². The third kappa shape index (κ3) is 7.76. The molecule has 4 aliphatic heterocycles. The number of nitrogens with zero attached hydrogens (tertiary/aromatic N) is 7. The molecule has 4 aromatic rings. The minimum absolute atomic E-state index is 0.00200. The number of rotatable bonds is 12. The summed E-state index contributed by atoms with van der Waals surface area (Å²) >= 11 is 0. The van der Waals surface area contributed by atoms with Gasteiger partial charge in [-0.05, 0) is 48.6 Å². The Morgan fingerprint density at radius 1 is 1.00 bits per heavy atom. The second-order valence-corrected chi connectivity index (χ2v) is 15.8. The Balaban J connectivity index is 0.819. The molecule has 0 radical (unpaired) electrons. The lowest BCUT2D eigenvalue weighted by atomic mass is 10.0. The average Bonchev–Trinajstić information content (AvgIpc) is 3.74. The summed E-state index contributed by atoms with van der Waals surface area (Å²) < 4.78 is 17.1. The number of aliphatic hydroxyl groups excluding tert-OH is 1. The third-order valence-electron chi connectivity index (χ3n) is 11.7. The normalized spacial score (nSPS) is 19.3. The number of hydrogen-bond acceptors (Lipinski definition) is 12. The average molecular weight is 810 g/mol. The van der Waals surface area contributed by atoms with Crippen LogP contribution >= 0.6 is 0 Å². The van der Waals surface area contributed by atoms with Crippen LogP contribution in [0, 0.1) is 5.82 Å². The summed E-state index contributed by atoms with van der Waals surface area (Å²) in [5, 5.41) is 26.3. The maximum atomic E-state index is 15.3. The van der Waals surface area contributed by atoms with Crippen LogP contribution < -0.4 is 26.2 Å².